The van der Waals surface area contributed by atoms with Gasteiger partial charge in [-0.15, -0.1) is 0 Å². The Balaban J connectivity index is 2.49. The SMILES string of the molecule is CC(C)C1NC(=O)c2cc([N+](=O)[O-])ccc2NCC[C@@H](C(N)=O)NC(=O)C(CCC(=O)O)NC1=O. The van der Waals surface area contributed by atoms with Gasteiger partial charge in [0.25, 0.3) is 11.6 Å². The van der Waals surface area contributed by atoms with Crippen LogP contribution >= 0.6 is 0 Å². The van der Waals surface area contributed by atoms with Crippen LogP contribution < -0.4 is 27.0 Å². The molecule has 4 amide bonds. The number of benzene rings is 1. The highest BCUT2D eigenvalue weighted by Crippen LogP contribution is 2.23. The number of carboxylic acids is 1. The van der Waals surface area contributed by atoms with Crippen LogP contribution in [0.25, 0.3) is 0 Å². The Kier molecular flexibility index (Phi) is 9.08. The number of carbonyl (C=O) groups is 5. The van der Waals surface area contributed by atoms with Gasteiger partial charge in [-0.1, -0.05) is 13.8 Å². The lowest BCUT2D eigenvalue weighted by Crippen LogP contribution is -2.57. The topological polar surface area (TPSA) is 223 Å². The Morgan fingerprint density at radius 3 is 2.43 bits per heavy atom. The van der Waals surface area contributed by atoms with Gasteiger partial charge in [-0.25, -0.2) is 0 Å². The summed E-state index contributed by atoms with van der Waals surface area (Å²) < 4.78 is 0. The molecule has 1 heterocycles. The molecule has 0 spiro atoms. The molecule has 0 saturated heterocycles. The molecule has 1 aliphatic heterocycles. The van der Waals surface area contributed by atoms with Crippen LogP contribution in [0.3, 0.4) is 0 Å². The maximum absolute atomic E-state index is 13.1. The van der Waals surface area contributed by atoms with Gasteiger partial charge in [0.05, 0.1) is 10.5 Å². The first-order chi connectivity index (χ1) is 16.4. The van der Waals surface area contributed by atoms with Gasteiger partial charge >= 0.3 is 5.97 Å². The summed E-state index contributed by atoms with van der Waals surface area (Å²) in [6.07, 6.45) is -0.741. The van der Waals surface area contributed by atoms with Gasteiger partial charge in [-0.3, -0.25) is 34.1 Å². The number of non-ortho nitro benzene ring substituents is 1. The van der Waals surface area contributed by atoms with Gasteiger partial charge in [0.2, 0.25) is 17.7 Å². The smallest absolute Gasteiger partial charge is 0.303 e. The Morgan fingerprint density at radius 2 is 1.86 bits per heavy atom. The molecule has 2 unspecified atom stereocenters. The zero-order chi connectivity index (χ0) is 26.3. The van der Waals surface area contributed by atoms with E-state index in [9.17, 15) is 34.1 Å². The lowest BCUT2D eigenvalue weighted by Gasteiger charge is -2.27. The molecule has 1 aliphatic rings. The quantitative estimate of drug-likeness (QED) is 0.222. The van der Waals surface area contributed by atoms with Crippen molar-refractivity contribution in [3.05, 3.63) is 33.9 Å². The molecule has 3 atom stereocenters. The van der Waals surface area contributed by atoms with Crippen molar-refractivity contribution in [2.24, 2.45) is 11.7 Å². The number of carbonyl (C=O) groups excluding carboxylic acids is 4. The Bertz CT molecular complexity index is 1030. The summed E-state index contributed by atoms with van der Waals surface area (Å²) in [7, 11) is 0. The lowest BCUT2D eigenvalue weighted by molar-refractivity contribution is -0.384. The number of amides is 4. The normalized spacial score (nSPS) is 21.5. The predicted molar refractivity (Wildman–Crippen MR) is 122 cm³/mol. The molecule has 14 heteroatoms. The molecule has 0 radical (unpaired) electrons. The summed E-state index contributed by atoms with van der Waals surface area (Å²) in [6.45, 7) is 3.32. The predicted octanol–water partition coefficient (Wildman–Crippen LogP) is -0.515. The number of hydrogen-bond acceptors (Lipinski definition) is 8. The molecule has 0 aliphatic carbocycles. The summed E-state index contributed by atoms with van der Waals surface area (Å²) in [6, 6.07) is -0.0776. The fourth-order valence-corrected chi connectivity index (χ4v) is 3.45. The largest absolute Gasteiger partial charge is 0.481 e. The van der Waals surface area contributed by atoms with Crippen LogP contribution in [0.2, 0.25) is 0 Å². The number of nitrogens with one attached hydrogen (secondary N) is 4. The van der Waals surface area contributed by atoms with Gasteiger partial charge in [-0.2, -0.15) is 0 Å². The summed E-state index contributed by atoms with van der Waals surface area (Å²) in [5, 5.41) is 30.5. The van der Waals surface area contributed by atoms with Gasteiger partial charge in [0.15, 0.2) is 0 Å². The van der Waals surface area contributed by atoms with Crippen molar-refractivity contribution < 1.29 is 34.0 Å². The zero-order valence-corrected chi connectivity index (χ0v) is 19.2. The minimum absolute atomic E-state index is 0.0205. The van der Waals surface area contributed by atoms with Crippen molar-refractivity contribution in [3.63, 3.8) is 0 Å². The number of nitro benzene ring substituents is 1. The van der Waals surface area contributed by atoms with Gasteiger partial charge < -0.3 is 32.1 Å². The van der Waals surface area contributed by atoms with Crippen LogP contribution in [0.5, 0.6) is 0 Å². The maximum atomic E-state index is 13.1. The number of anilines is 1. The van der Waals surface area contributed by atoms with Crippen LogP contribution in [0.4, 0.5) is 11.4 Å². The van der Waals surface area contributed by atoms with Crippen molar-refractivity contribution in [1.82, 2.24) is 16.0 Å². The number of nitrogens with two attached hydrogens (primary N) is 1. The third kappa shape index (κ3) is 7.38. The second kappa shape index (κ2) is 11.8. The summed E-state index contributed by atoms with van der Waals surface area (Å²) >= 11 is 0. The average molecular weight is 492 g/mol. The third-order valence-corrected chi connectivity index (χ3v) is 5.38. The second-order valence-electron chi connectivity index (χ2n) is 8.35. The van der Waals surface area contributed by atoms with Crippen LogP contribution in [-0.4, -0.2) is 64.3 Å². The van der Waals surface area contributed by atoms with Crippen LogP contribution in [0.1, 0.15) is 43.5 Å². The molecule has 14 nitrogen and oxygen atoms in total. The van der Waals surface area contributed by atoms with Crippen molar-refractivity contribution in [1.29, 1.82) is 0 Å². The van der Waals surface area contributed by atoms with E-state index in [0.717, 1.165) is 6.07 Å². The van der Waals surface area contributed by atoms with E-state index in [0.29, 0.717) is 0 Å². The molecular formula is C21H28N6O8. The molecule has 1 aromatic rings. The van der Waals surface area contributed by atoms with Crippen molar-refractivity contribution in [2.45, 2.75) is 51.2 Å². The maximum Gasteiger partial charge on any atom is 0.303 e. The monoisotopic (exact) mass is 492 g/mol. The highest BCUT2D eigenvalue weighted by atomic mass is 16.6. The average Bonchev–Trinajstić information content (AvgIpc) is 2.77. The number of aliphatic carboxylic acids is 1. The Morgan fingerprint density at radius 1 is 1.17 bits per heavy atom. The van der Waals surface area contributed by atoms with E-state index < -0.39 is 65.0 Å². The molecule has 0 saturated carbocycles. The molecule has 1 aromatic carbocycles. The number of fused-ring (bicyclic) bond motifs is 1. The first-order valence-electron chi connectivity index (χ1n) is 10.9. The van der Waals surface area contributed by atoms with Gasteiger partial charge in [-0.05, 0) is 24.8 Å². The van der Waals surface area contributed by atoms with Crippen LogP contribution in [-0.2, 0) is 19.2 Å². The molecular weight excluding hydrogens is 464 g/mol. The minimum Gasteiger partial charge on any atom is -0.481 e. The van der Waals surface area contributed by atoms with E-state index >= 15 is 0 Å². The first-order valence-corrected chi connectivity index (χ1v) is 10.9. The lowest BCUT2D eigenvalue weighted by atomic mass is 10.0. The number of rotatable bonds is 6. The first kappa shape index (κ1) is 27.0. The molecule has 2 rings (SSSR count). The van der Waals surface area contributed by atoms with Crippen LogP contribution in [0, 0.1) is 16.0 Å². The van der Waals surface area contributed by atoms with E-state index in [1.807, 2.05) is 0 Å². The number of nitrogens with zero attached hydrogens (tertiary/aromatic N) is 1. The van der Waals surface area contributed by atoms with Gasteiger partial charge in [0.1, 0.15) is 18.1 Å². The Hall–Kier alpha value is -4.23. The third-order valence-electron chi connectivity index (χ3n) is 5.38. The highest BCUT2D eigenvalue weighted by molar-refractivity contribution is 6.03. The summed E-state index contributed by atoms with van der Waals surface area (Å²) in [5.41, 5.74) is 5.16. The molecule has 7 N–H and O–H groups in total. The van der Waals surface area contributed by atoms with E-state index in [1.165, 1.54) is 12.1 Å². The highest BCUT2D eigenvalue weighted by Gasteiger charge is 2.32. The molecule has 0 bridgehead atoms. The Labute approximate surface area is 200 Å². The summed E-state index contributed by atoms with van der Waals surface area (Å²) in [5.74, 6) is -4.88. The zero-order valence-electron chi connectivity index (χ0n) is 19.2. The van der Waals surface area contributed by atoms with Crippen molar-refractivity contribution >= 4 is 41.0 Å². The standard InChI is InChI=1S/C21H28N6O8/c1-10(2)17-21(33)25-15(5-6-16(28)29)20(32)24-14(18(22)30)7-8-23-13-4-3-11(27(34)35)9-12(13)19(31)26-17/h3-4,9-10,14-15,17,23H,5-8H2,1-2H3,(H2,22,30)(H,24,32)(H,25,33)(H,26,31)(H,28,29)/t14-,15?,17?/m0/s1. The fourth-order valence-electron chi connectivity index (χ4n) is 3.45. The minimum atomic E-state index is -1.32. The second-order valence-corrected chi connectivity index (χ2v) is 8.35. The van der Waals surface area contributed by atoms with E-state index in [-0.39, 0.29) is 36.3 Å². The van der Waals surface area contributed by atoms with Crippen molar-refractivity contribution in [2.75, 3.05) is 11.9 Å². The van der Waals surface area contributed by atoms with E-state index in [2.05, 4.69) is 21.3 Å². The van der Waals surface area contributed by atoms with E-state index in [1.54, 1.807) is 13.8 Å². The number of carboxylic acid groups (broad SMARTS) is 1. The fraction of sp³-hybridized carbons (Fsp3) is 0.476. The number of primary amides is 1. The molecule has 0 fully saturated rings. The molecule has 0 aromatic heterocycles. The number of nitro groups is 1. The molecule has 190 valence electrons. The number of hydrogen-bond donors (Lipinski definition) is 6. The van der Waals surface area contributed by atoms with Crippen LogP contribution in [0.15, 0.2) is 18.2 Å². The molecule has 35 heavy (non-hydrogen) atoms. The van der Waals surface area contributed by atoms with Gasteiger partial charge in [0, 0.05) is 30.8 Å². The van der Waals surface area contributed by atoms with E-state index in [4.69, 9.17) is 10.8 Å². The van der Waals surface area contributed by atoms with Crippen molar-refractivity contribution in [3.8, 4) is 0 Å². The summed E-state index contributed by atoms with van der Waals surface area (Å²) in [4.78, 5) is 72.4.